The zero-order valence-corrected chi connectivity index (χ0v) is 12.7. The van der Waals surface area contributed by atoms with Crippen LogP contribution in [0.25, 0.3) is 10.8 Å². The summed E-state index contributed by atoms with van der Waals surface area (Å²) in [6.07, 6.45) is 5.56. The number of aryl methyl sites for hydroxylation is 1. The van der Waals surface area contributed by atoms with E-state index < -0.39 is 0 Å². The number of hydrogen-bond acceptors (Lipinski definition) is 2. The van der Waals surface area contributed by atoms with Gasteiger partial charge in [-0.1, -0.05) is 50.5 Å². The van der Waals surface area contributed by atoms with E-state index in [1.165, 1.54) is 19.3 Å². The highest BCUT2D eigenvalue weighted by atomic mass is 14.3. The number of benzene rings is 2. The summed E-state index contributed by atoms with van der Waals surface area (Å²) in [4.78, 5) is 0. The second-order valence-electron chi connectivity index (χ2n) is 5.43. The molecular formula is C19H20N2. The predicted molar refractivity (Wildman–Crippen MR) is 86.0 cm³/mol. The number of nitrogens with zero attached hydrogens (tertiary/aromatic N) is 2. The lowest BCUT2D eigenvalue weighted by molar-refractivity contribution is 0.665. The highest BCUT2D eigenvalue weighted by Gasteiger charge is 2.16. The van der Waals surface area contributed by atoms with Crippen molar-refractivity contribution in [3.05, 3.63) is 46.5 Å². The first-order valence-electron chi connectivity index (χ1n) is 7.59. The molecule has 0 aliphatic heterocycles. The summed E-state index contributed by atoms with van der Waals surface area (Å²) in [5.74, 6) is 0. The zero-order valence-electron chi connectivity index (χ0n) is 12.7. The lowest BCUT2D eigenvalue weighted by Gasteiger charge is -2.14. The monoisotopic (exact) mass is 276 g/mol. The van der Waals surface area contributed by atoms with Gasteiger partial charge in [0.25, 0.3) is 0 Å². The van der Waals surface area contributed by atoms with Crippen LogP contribution in [0.5, 0.6) is 0 Å². The van der Waals surface area contributed by atoms with Gasteiger partial charge in [-0.2, -0.15) is 10.5 Å². The Bertz CT molecular complexity index is 730. The van der Waals surface area contributed by atoms with Gasteiger partial charge in [0.2, 0.25) is 0 Å². The van der Waals surface area contributed by atoms with Crippen molar-refractivity contribution in [1.29, 1.82) is 10.5 Å². The minimum atomic E-state index is 0.532. The third-order valence-electron chi connectivity index (χ3n) is 4.11. The van der Waals surface area contributed by atoms with Gasteiger partial charge in [0.1, 0.15) is 12.1 Å². The van der Waals surface area contributed by atoms with Crippen LogP contribution in [-0.4, -0.2) is 0 Å². The van der Waals surface area contributed by atoms with Gasteiger partial charge in [0.05, 0.1) is 11.1 Å². The Balaban J connectivity index is 2.56. The number of unbranched alkanes of at least 4 members (excludes halogenated alkanes) is 3. The van der Waals surface area contributed by atoms with Gasteiger partial charge < -0.3 is 0 Å². The zero-order chi connectivity index (χ0) is 15.2. The van der Waals surface area contributed by atoms with Crippen molar-refractivity contribution in [1.82, 2.24) is 0 Å². The van der Waals surface area contributed by atoms with Crippen LogP contribution in [0.4, 0.5) is 0 Å². The van der Waals surface area contributed by atoms with E-state index in [9.17, 15) is 10.5 Å². The van der Waals surface area contributed by atoms with Crippen molar-refractivity contribution >= 4 is 10.8 Å². The van der Waals surface area contributed by atoms with E-state index in [-0.39, 0.29) is 0 Å². The molecule has 0 N–H and O–H groups in total. The van der Waals surface area contributed by atoms with Crippen LogP contribution >= 0.6 is 0 Å². The topological polar surface area (TPSA) is 47.6 Å². The number of rotatable bonds is 5. The first-order chi connectivity index (χ1) is 10.2. The number of nitriles is 2. The molecule has 0 saturated carbocycles. The fraction of sp³-hybridized carbons (Fsp3) is 0.368. The third kappa shape index (κ3) is 2.91. The van der Waals surface area contributed by atoms with E-state index in [0.29, 0.717) is 11.1 Å². The van der Waals surface area contributed by atoms with Crippen molar-refractivity contribution < 1.29 is 0 Å². The van der Waals surface area contributed by atoms with Gasteiger partial charge >= 0.3 is 0 Å². The minimum Gasteiger partial charge on any atom is -0.192 e. The second kappa shape index (κ2) is 6.91. The highest BCUT2D eigenvalue weighted by molar-refractivity contribution is 5.93. The maximum Gasteiger partial charge on any atom is 0.101 e. The molecule has 0 fully saturated rings. The number of fused-ring (bicyclic) bond motifs is 1. The molecule has 2 rings (SSSR count). The summed E-state index contributed by atoms with van der Waals surface area (Å²) in [6.45, 7) is 4.26. The molecule has 2 aromatic rings. The van der Waals surface area contributed by atoms with Crippen LogP contribution < -0.4 is 0 Å². The molecule has 0 amide bonds. The molecule has 2 aromatic carbocycles. The Kier molecular flexibility index (Phi) is 4.96. The Morgan fingerprint density at radius 2 is 1.57 bits per heavy atom. The maximum absolute atomic E-state index is 9.52. The van der Waals surface area contributed by atoms with E-state index in [1.54, 1.807) is 0 Å². The molecule has 2 heteroatoms. The van der Waals surface area contributed by atoms with E-state index in [1.807, 2.05) is 24.3 Å². The summed E-state index contributed by atoms with van der Waals surface area (Å²) in [5.41, 5.74) is 3.32. The summed E-state index contributed by atoms with van der Waals surface area (Å²) < 4.78 is 0. The molecule has 21 heavy (non-hydrogen) atoms. The average Bonchev–Trinajstić information content (AvgIpc) is 2.52. The van der Waals surface area contributed by atoms with Crippen molar-refractivity contribution in [2.45, 2.75) is 46.0 Å². The van der Waals surface area contributed by atoms with Crippen molar-refractivity contribution in [3.63, 3.8) is 0 Å². The summed E-state index contributed by atoms with van der Waals surface area (Å²) >= 11 is 0. The van der Waals surface area contributed by atoms with Crippen molar-refractivity contribution in [2.24, 2.45) is 0 Å². The molecule has 0 aliphatic rings. The molecule has 0 atom stereocenters. The van der Waals surface area contributed by atoms with Gasteiger partial charge in [0, 0.05) is 5.39 Å². The fourth-order valence-corrected chi connectivity index (χ4v) is 2.94. The normalized spacial score (nSPS) is 10.3. The standard InChI is InChI=1S/C19H20N2/c1-3-4-5-6-9-16-14(2)15-10-7-8-11-17(15)19(13-21)18(16)12-20/h7-8,10-11H,3-6,9H2,1-2H3. The molecule has 0 saturated heterocycles. The Labute approximate surface area is 126 Å². The smallest absolute Gasteiger partial charge is 0.101 e. The van der Waals surface area contributed by atoms with Crippen LogP contribution in [0.3, 0.4) is 0 Å². The van der Waals surface area contributed by atoms with Gasteiger partial charge in [-0.15, -0.1) is 0 Å². The second-order valence-corrected chi connectivity index (χ2v) is 5.43. The number of hydrogen-bond donors (Lipinski definition) is 0. The van der Waals surface area contributed by atoms with Crippen LogP contribution in [0.15, 0.2) is 24.3 Å². The molecule has 106 valence electrons. The Morgan fingerprint density at radius 1 is 0.905 bits per heavy atom. The quantitative estimate of drug-likeness (QED) is 0.720. The summed E-state index contributed by atoms with van der Waals surface area (Å²) in [7, 11) is 0. The average molecular weight is 276 g/mol. The SMILES string of the molecule is CCCCCCc1c(C#N)c(C#N)c2ccccc2c1C. The first-order valence-corrected chi connectivity index (χ1v) is 7.59. The third-order valence-corrected chi connectivity index (χ3v) is 4.11. The lowest BCUT2D eigenvalue weighted by atomic mass is 9.88. The van der Waals surface area contributed by atoms with E-state index >= 15 is 0 Å². The Hall–Kier alpha value is -2.32. The summed E-state index contributed by atoms with van der Waals surface area (Å²) in [6, 6.07) is 12.4. The summed E-state index contributed by atoms with van der Waals surface area (Å²) in [5, 5.41) is 21.0. The van der Waals surface area contributed by atoms with Crippen LogP contribution in [0, 0.1) is 29.6 Å². The predicted octanol–water partition coefficient (Wildman–Crippen LogP) is 5.01. The van der Waals surface area contributed by atoms with Crippen LogP contribution in [0.2, 0.25) is 0 Å². The van der Waals surface area contributed by atoms with Crippen LogP contribution in [0.1, 0.15) is 54.9 Å². The highest BCUT2D eigenvalue weighted by Crippen LogP contribution is 2.30. The van der Waals surface area contributed by atoms with Gasteiger partial charge in [-0.05, 0) is 36.3 Å². The molecule has 0 aliphatic carbocycles. The molecule has 2 nitrogen and oxygen atoms in total. The minimum absolute atomic E-state index is 0.532. The Morgan fingerprint density at radius 3 is 2.19 bits per heavy atom. The van der Waals surface area contributed by atoms with Gasteiger partial charge in [0.15, 0.2) is 0 Å². The molecule has 0 heterocycles. The lowest BCUT2D eigenvalue weighted by Crippen LogP contribution is -2.00. The van der Waals surface area contributed by atoms with Gasteiger partial charge in [-0.3, -0.25) is 0 Å². The largest absolute Gasteiger partial charge is 0.192 e. The van der Waals surface area contributed by atoms with E-state index in [0.717, 1.165) is 34.7 Å². The maximum atomic E-state index is 9.52. The van der Waals surface area contributed by atoms with Gasteiger partial charge in [-0.25, -0.2) is 0 Å². The molecule has 0 unspecified atom stereocenters. The molecule has 0 aromatic heterocycles. The molecule has 0 bridgehead atoms. The van der Waals surface area contributed by atoms with E-state index in [4.69, 9.17) is 0 Å². The molecule has 0 radical (unpaired) electrons. The fourth-order valence-electron chi connectivity index (χ4n) is 2.94. The van der Waals surface area contributed by atoms with Crippen molar-refractivity contribution in [3.8, 4) is 12.1 Å². The van der Waals surface area contributed by atoms with Crippen LogP contribution in [-0.2, 0) is 6.42 Å². The van der Waals surface area contributed by atoms with Crippen molar-refractivity contribution in [2.75, 3.05) is 0 Å². The molecule has 0 spiro atoms. The molecular weight excluding hydrogens is 256 g/mol. The first kappa shape index (κ1) is 15.1. The van der Waals surface area contributed by atoms with E-state index in [2.05, 4.69) is 26.0 Å².